The van der Waals surface area contributed by atoms with E-state index in [4.69, 9.17) is 16.3 Å². The van der Waals surface area contributed by atoms with Gasteiger partial charge in [0.2, 0.25) is 0 Å². The smallest absolute Gasteiger partial charge is 0.125 e. The Labute approximate surface area is 115 Å². The van der Waals surface area contributed by atoms with Crippen LogP contribution in [0.5, 0.6) is 5.75 Å². The first kappa shape index (κ1) is 13.7. The zero-order valence-corrected chi connectivity index (χ0v) is 12.0. The highest BCUT2D eigenvalue weighted by atomic mass is 35.5. The summed E-state index contributed by atoms with van der Waals surface area (Å²) in [5.74, 6) is 1.08. The van der Waals surface area contributed by atoms with Gasteiger partial charge in [0.15, 0.2) is 0 Å². The van der Waals surface area contributed by atoms with Crippen molar-refractivity contribution in [1.82, 2.24) is 5.32 Å². The fraction of sp³-hybridized carbons (Fsp3) is 0.600. The molecule has 1 aromatic carbocycles. The van der Waals surface area contributed by atoms with E-state index in [1.165, 1.54) is 24.0 Å². The van der Waals surface area contributed by atoms with Gasteiger partial charge < -0.3 is 10.1 Å². The fourth-order valence-corrected chi connectivity index (χ4v) is 2.94. The molecule has 100 valence electrons. The third-order valence-electron chi connectivity index (χ3n) is 3.42. The number of hydrogen-bond acceptors (Lipinski definition) is 2. The predicted molar refractivity (Wildman–Crippen MR) is 76.7 cm³/mol. The molecule has 1 aromatic rings. The number of fused-ring (bicyclic) bond motifs is 1. The van der Waals surface area contributed by atoms with Crippen LogP contribution in [0.25, 0.3) is 0 Å². The number of hydrogen-bond donors (Lipinski definition) is 1. The molecule has 1 atom stereocenters. The molecule has 1 aliphatic heterocycles. The summed E-state index contributed by atoms with van der Waals surface area (Å²) in [4.78, 5) is 0. The number of rotatable bonds is 6. The molecule has 1 aliphatic rings. The number of benzene rings is 1. The second-order valence-corrected chi connectivity index (χ2v) is 5.34. The zero-order valence-electron chi connectivity index (χ0n) is 11.3. The van der Waals surface area contributed by atoms with Gasteiger partial charge in [-0.2, -0.15) is 0 Å². The lowest BCUT2D eigenvalue weighted by Gasteiger charge is -2.19. The van der Waals surface area contributed by atoms with Crippen LogP contribution < -0.4 is 10.1 Å². The summed E-state index contributed by atoms with van der Waals surface area (Å²) in [5.41, 5.74) is 2.53. The van der Waals surface area contributed by atoms with E-state index in [0.717, 1.165) is 36.8 Å². The van der Waals surface area contributed by atoms with E-state index in [-0.39, 0.29) is 0 Å². The highest BCUT2D eigenvalue weighted by Gasteiger charge is 2.19. The molecule has 2 rings (SSSR count). The molecule has 0 amide bonds. The lowest BCUT2D eigenvalue weighted by Crippen LogP contribution is -2.30. The number of ether oxygens (including phenoxy) is 1. The Morgan fingerprint density at radius 1 is 1.39 bits per heavy atom. The normalized spacial score (nSPS) is 15.3. The van der Waals surface area contributed by atoms with Crippen LogP contribution in [-0.2, 0) is 12.8 Å². The molecule has 2 nitrogen and oxygen atoms in total. The van der Waals surface area contributed by atoms with Gasteiger partial charge in [-0.1, -0.05) is 31.9 Å². The molecule has 1 heterocycles. The molecular weight excluding hydrogens is 246 g/mol. The number of likely N-dealkylation sites (N-methyl/N-ethyl adjacent to an activating group) is 1. The molecular formula is C15H22ClNO. The highest BCUT2D eigenvalue weighted by molar-refractivity contribution is 6.30. The minimum Gasteiger partial charge on any atom is -0.493 e. The molecule has 0 spiro atoms. The predicted octanol–water partition coefficient (Wildman–Crippen LogP) is 3.60. The highest BCUT2D eigenvalue weighted by Crippen LogP contribution is 2.33. The molecule has 1 N–H and O–H groups in total. The van der Waals surface area contributed by atoms with Crippen LogP contribution in [0.2, 0.25) is 5.02 Å². The Balaban J connectivity index is 2.17. The van der Waals surface area contributed by atoms with Gasteiger partial charge in [-0.15, -0.1) is 0 Å². The van der Waals surface area contributed by atoms with Crippen LogP contribution >= 0.6 is 11.6 Å². The molecule has 1 unspecified atom stereocenters. The summed E-state index contributed by atoms with van der Waals surface area (Å²) in [6.07, 6.45) is 4.38. The maximum atomic E-state index is 6.19. The summed E-state index contributed by atoms with van der Waals surface area (Å²) < 4.78 is 5.76. The Kier molecular flexibility index (Phi) is 4.90. The Morgan fingerprint density at radius 3 is 2.94 bits per heavy atom. The third kappa shape index (κ3) is 3.18. The average molecular weight is 268 g/mol. The van der Waals surface area contributed by atoms with Crippen molar-refractivity contribution >= 4 is 11.6 Å². The number of halogens is 1. The van der Waals surface area contributed by atoms with Gasteiger partial charge >= 0.3 is 0 Å². The van der Waals surface area contributed by atoms with Crippen LogP contribution in [0, 0.1) is 0 Å². The van der Waals surface area contributed by atoms with E-state index in [9.17, 15) is 0 Å². The van der Waals surface area contributed by atoms with Crippen molar-refractivity contribution in [3.8, 4) is 5.75 Å². The van der Waals surface area contributed by atoms with E-state index >= 15 is 0 Å². The molecule has 18 heavy (non-hydrogen) atoms. The molecule has 0 radical (unpaired) electrons. The van der Waals surface area contributed by atoms with Crippen LogP contribution in [0.4, 0.5) is 0 Å². The summed E-state index contributed by atoms with van der Waals surface area (Å²) in [6, 6.07) is 4.62. The van der Waals surface area contributed by atoms with Crippen LogP contribution in [0.1, 0.15) is 37.8 Å². The second-order valence-electron chi connectivity index (χ2n) is 4.90. The molecule has 0 bridgehead atoms. The Bertz CT molecular complexity index is 400. The Hall–Kier alpha value is -0.730. The fourth-order valence-electron chi connectivity index (χ4n) is 2.68. The van der Waals surface area contributed by atoms with Crippen molar-refractivity contribution in [1.29, 1.82) is 0 Å². The topological polar surface area (TPSA) is 21.3 Å². The minimum atomic E-state index is 0.520. The Morgan fingerprint density at radius 2 is 2.22 bits per heavy atom. The quantitative estimate of drug-likeness (QED) is 0.850. The van der Waals surface area contributed by atoms with Gasteiger partial charge in [0, 0.05) is 17.5 Å². The van der Waals surface area contributed by atoms with Gasteiger partial charge in [0.25, 0.3) is 0 Å². The maximum absolute atomic E-state index is 6.19. The lowest BCUT2D eigenvalue weighted by atomic mass is 9.99. The lowest BCUT2D eigenvalue weighted by molar-refractivity contribution is 0.350. The van der Waals surface area contributed by atoms with Crippen molar-refractivity contribution in [2.24, 2.45) is 0 Å². The van der Waals surface area contributed by atoms with Crippen molar-refractivity contribution in [3.05, 3.63) is 28.3 Å². The van der Waals surface area contributed by atoms with Crippen LogP contribution in [0.3, 0.4) is 0 Å². The summed E-state index contributed by atoms with van der Waals surface area (Å²) in [7, 11) is 0. The molecule has 0 aromatic heterocycles. The van der Waals surface area contributed by atoms with Crippen molar-refractivity contribution in [2.75, 3.05) is 13.2 Å². The van der Waals surface area contributed by atoms with E-state index in [1.54, 1.807) is 0 Å². The van der Waals surface area contributed by atoms with E-state index in [0.29, 0.717) is 6.04 Å². The first-order valence-electron chi connectivity index (χ1n) is 6.92. The van der Waals surface area contributed by atoms with Gasteiger partial charge in [-0.3, -0.25) is 0 Å². The monoisotopic (exact) mass is 267 g/mol. The van der Waals surface area contributed by atoms with E-state index in [1.807, 2.05) is 6.07 Å². The van der Waals surface area contributed by atoms with Crippen LogP contribution in [0.15, 0.2) is 12.1 Å². The van der Waals surface area contributed by atoms with Crippen molar-refractivity contribution in [2.45, 2.75) is 45.6 Å². The molecule has 3 heteroatoms. The molecule has 0 aliphatic carbocycles. The summed E-state index contributed by atoms with van der Waals surface area (Å²) >= 11 is 6.19. The van der Waals surface area contributed by atoms with Crippen LogP contribution in [-0.4, -0.2) is 19.2 Å². The van der Waals surface area contributed by atoms with Gasteiger partial charge in [-0.25, -0.2) is 0 Å². The third-order valence-corrected chi connectivity index (χ3v) is 3.64. The second kappa shape index (κ2) is 6.44. The van der Waals surface area contributed by atoms with E-state index < -0.39 is 0 Å². The molecule has 0 saturated carbocycles. The first-order chi connectivity index (χ1) is 8.74. The molecule has 0 fully saturated rings. The standard InChI is InChI=1S/C15H22ClNO/c1-3-5-14(17-4-2)10-12-9-13(16)8-11-6-7-18-15(11)12/h8-9,14,17H,3-7,10H2,1-2H3. The van der Waals surface area contributed by atoms with Crippen molar-refractivity contribution < 1.29 is 4.74 Å². The van der Waals surface area contributed by atoms with Gasteiger partial charge in [0.1, 0.15) is 5.75 Å². The summed E-state index contributed by atoms with van der Waals surface area (Å²) in [6.45, 7) is 6.18. The van der Waals surface area contributed by atoms with Gasteiger partial charge in [0.05, 0.1) is 6.61 Å². The zero-order chi connectivity index (χ0) is 13.0. The van der Waals surface area contributed by atoms with E-state index in [2.05, 4.69) is 25.2 Å². The SMILES string of the molecule is CCCC(Cc1cc(Cl)cc2c1OCC2)NCC. The minimum absolute atomic E-state index is 0.520. The first-order valence-corrected chi connectivity index (χ1v) is 7.29. The maximum Gasteiger partial charge on any atom is 0.125 e. The summed E-state index contributed by atoms with van der Waals surface area (Å²) in [5, 5.41) is 4.38. The largest absolute Gasteiger partial charge is 0.493 e. The average Bonchev–Trinajstić information content (AvgIpc) is 2.77. The van der Waals surface area contributed by atoms with Crippen molar-refractivity contribution in [3.63, 3.8) is 0 Å². The molecule has 0 saturated heterocycles. The number of nitrogens with one attached hydrogen (secondary N) is 1. The van der Waals surface area contributed by atoms with Gasteiger partial charge in [-0.05, 0) is 42.6 Å².